The molecule has 2 aromatic carbocycles. The zero-order valence-corrected chi connectivity index (χ0v) is 17.5. The fraction of sp³-hybridized carbons (Fsp3) is 0.273. The quantitative estimate of drug-likeness (QED) is 0.518. The monoisotopic (exact) mass is 451 g/mol. The number of aromatic nitrogens is 2. The Balaban J connectivity index is 1.46. The molecular formula is C22H22BrN5O. The molecule has 3 N–H and O–H groups in total. The number of hydrogen-bond acceptors (Lipinski definition) is 4. The van der Waals surface area contributed by atoms with Gasteiger partial charge in [0.1, 0.15) is 17.4 Å². The Morgan fingerprint density at radius 2 is 1.86 bits per heavy atom. The number of aromatic amines is 1. The lowest BCUT2D eigenvalue weighted by Crippen LogP contribution is -2.29. The molecule has 0 spiro atoms. The maximum Gasteiger partial charge on any atom is 0.145 e. The number of halogens is 1. The number of nitrogens with one attached hydrogen (secondary N) is 2. The molecule has 29 heavy (non-hydrogen) atoms. The molecule has 7 heteroatoms. The lowest BCUT2D eigenvalue weighted by Gasteiger charge is -2.28. The van der Waals surface area contributed by atoms with E-state index in [1.54, 1.807) is 4.90 Å². The lowest BCUT2D eigenvalue weighted by atomic mass is 10.1. The number of benzene rings is 2. The first-order chi connectivity index (χ1) is 14.1. The second-order valence-electron chi connectivity index (χ2n) is 7.57. The summed E-state index contributed by atoms with van der Waals surface area (Å²) in [6, 6.07) is 14.0. The van der Waals surface area contributed by atoms with Crippen molar-refractivity contribution in [1.29, 1.82) is 5.41 Å². The Labute approximate surface area is 177 Å². The minimum Gasteiger partial charge on any atom is -0.509 e. The van der Waals surface area contributed by atoms with Crippen molar-refractivity contribution in [2.24, 2.45) is 0 Å². The topological polar surface area (TPSA) is 79.2 Å². The van der Waals surface area contributed by atoms with Crippen molar-refractivity contribution in [1.82, 2.24) is 9.97 Å². The van der Waals surface area contributed by atoms with Crippen LogP contribution in [0.15, 0.2) is 52.7 Å². The van der Waals surface area contributed by atoms with Crippen molar-refractivity contribution in [2.75, 3.05) is 29.4 Å². The van der Waals surface area contributed by atoms with Crippen LogP contribution >= 0.6 is 15.9 Å². The molecule has 3 heterocycles. The highest BCUT2D eigenvalue weighted by atomic mass is 79.9. The molecule has 1 aromatic heterocycles. The minimum absolute atomic E-state index is 0.158. The van der Waals surface area contributed by atoms with E-state index >= 15 is 0 Å². The number of anilines is 2. The summed E-state index contributed by atoms with van der Waals surface area (Å²) < 4.78 is 0.935. The lowest BCUT2D eigenvalue weighted by molar-refractivity contribution is 0.411. The van der Waals surface area contributed by atoms with Crippen LogP contribution in [-0.4, -0.2) is 40.5 Å². The number of amidine groups is 1. The van der Waals surface area contributed by atoms with Crippen LogP contribution in [0.3, 0.4) is 0 Å². The number of piperidine rings is 1. The summed E-state index contributed by atoms with van der Waals surface area (Å²) in [6.07, 6.45) is 3.77. The molecule has 0 amide bonds. The minimum atomic E-state index is 0.158. The summed E-state index contributed by atoms with van der Waals surface area (Å²) in [4.78, 5) is 12.2. The summed E-state index contributed by atoms with van der Waals surface area (Å²) >= 11 is 3.47. The Morgan fingerprint density at radius 3 is 2.66 bits per heavy atom. The van der Waals surface area contributed by atoms with Gasteiger partial charge in [0, 0.05) is 28.9 Å². The summed E-state index contributed by atoms with van der Waals surface area (Å²) in [7, 11) is 0. The first kappa shape index (κ1) is 18.2. The molecule has 0 bridgehead atoms. The van der Waals surface area contributed by atoms with E-state index in [1.807, 2.05) is 30.3 Å². The van der Waals surface area contributed by atoms with Crippen LogP contribution in [-0.2, 0) is 0 Å². The van der Waals surface area contributed by atoms with Gasteiger partial charge in [0.25, 0.3) is 0 Å². The molecule has 0 radical (unpaired) electrons. The summed E-state index contributed by atoms with van der Waals surface area (Å²) in [5, 5.41) is 19.3. The summed E-state index contributed by atoms with van der Waals surface area (Å²) in [5.74, 6) is 0.942. The molecule has 148 valence electrons. The molecule has 0 saturated carbocycles. The van der Waals surface area contributed by atoms with Gasteiger partial charge in [-0.3, -0.25) is 5.41 Å². The molecule has 5 rings (SSSR count). The second kappa shape index (κ2) is 7.22. The largest absolute Gasteiger partial charge is 0.509 e. The van der Waals surface area contributed by atoms with E-state index in [4.69, 9.17) is 5.41 Å². The van der Waals surface area contributed by atoms with E-state index < -0.39 is 0 Å². The third kappa shape index (κ3) is 3.29. The number of rotatable bonds is 3. The number of imidazole rings is 1. The number of fused-ring (bicyclic) bond motifs is 1. The van der Waals surface area contributed by atoms with Gasteiger partial charge >= 0.3 is 0 Å². The predicted molar refractivity (Wildman–Crippen MR) is 121 cm³/mol. The van der Waals surface area contributed by atoms with E-state index in [0.717, 1.165) is 34.3 Å². The maximum atomic E-state index is 10.6. The van der Waals surface area contributed by atoms with Crippen molar-refractivity contribution in [3.8, 4) is 0 Å². The standard InChI is InChI=1S/C22H22BrN5O/c23-14-5-4-6-16(11-14)28-13-19(29)20(21(28)24)22-25-17-8-7-15(12-18(17)26-22)27-9-2-1-3-10-27/h4-8,11-12,24,29H,1-3,9-10,13H2,(H,25,26). The van der Waals surface area contributed by atoms with Gasteiger partial charge in [0.05, 0.1) is 23.2 Å². The number of hydrogen-bond donors (Lipinski definition) is 3. The highest BCUT2D eigenvalue weighted by Crippen LogP contribution is 2.32. The van der Waals surface area contributed by atoms with Crippen molar-refractivity contribution in [2.45, 2.75) is 19.3 Å². The van der Waals surface area contributed by atoms with Crippen LogP contribution in [0.1, 0.15) is 25.1 Å². The van der Waals surface area contributed by atoms with E-state index in [0.29, 0.717) is 11.4 Å². The number of nitrogens with zero attached hydrogens (tertiary/aromatic N) is 3. The van der Waals surface area contributed by atoms with E-state index in [-0.39, 0.29) is 18.1 Å². The number of aliphatic hydroxyl groups excluding tert-OH is 1. The normalized spacial score (nSPS) is 17.6. The Morgan fingerprint density at radius 1 is 1.03 bits per heavy atom. The van der Waals surface area contributed by atoms with Gasteiger partial charge in [0.15, 0.2) is 0 Å². The van der Waals surface area contributed by atoms with Gasteiger partial charge in [-0.1, -0.05) is 22.0 Å². The zero-order chi connectivity index (χ0) is 20.0. The third-order valence-electron chi connectivity index (χ3n) is 5.65. The highest BCUT2D eigenvalue weighted by molar-refractivity contribution is 9.10. The average Bonchev–Trinajstić information content (AvgIpc) is 3.27. The Kier molecular flexibility index (Phi) is 4.54. The fourth-order valence-electron chi connectivity index (χ4n) is 4.16. The van der Waals surface area contributed by atoms with Crippen molar-refractivity contribution in [3.63, 3.8) is 0 Å². The number of H-pyrrole nitrogens is 1. The molecule has 0 aliphatic carbocycles. The van der Waals surface area contributed by atoms with E-state index in [1.165, 1.54) is 24.9 Å². The molecule has 2 aliphatic heterocycles. The van der Waals surface area contributed by atoms with Gasteiger partial charge < -0.3 is 19.9 Å². The van der Waals surface area contributed by atoms with Crippen LogP contribution in [0.2, 0.25) is 0 Å². The fourth-order valence-corrected chi connectivity index (χ4v) is 4.54. The summed E-state index contributed by atoms with van der Waals surface area (Å²) in [6.45, 7) is 2.44. The second-order valence-corrected chi connectivity index (χ2v) is 8.49. The molecule has 2 aliphatic rings. The first-order valence-electron chi connectivity index (χ1n) is 9.89. The SMILES string of the molecule is N=C1C(c2nc3ccc(N4CCCCC4)cc3[nH]2)=C(O)CN1c1cccc(Br)c1. The van der Waals surface area contributed by atoms with Gasteiger partial charge in [-0.15, -0.1) is 0 Å². The maximum absolute atomic E-state index is 10.6. The van der Waals surface area contributed by atoms with Crippen LogP contribution in [0, 0.1) is 5.41 Å². The molecule has 3 aromatic rings. The first-order valence-corrected chi connectivity index (χ1v) is 10.7. The Bertz CT molecular complexity index is 1130. The number of aliphatic hydroxyl groups is 1. The van der Waals surface area contributed by atoms with Crippen molar-refractivity contribution in [3.05, 3.63) is 58.5 Å². The van der Waals surface area contributed by atoms with Gasteiger partial charge in [-0.2, -0.15) is 0 Å². The Hall–Kier alpha value is -2.80. The molecule has 1 fully saturated rings. The van der Waals surface area contributed by atoms with Crippen LogP contribution in [0.4, 0.5) is 11.4 Å². The average molecular weight is 452 g/mol. The van der Waals surface area contributed by atoms with E-state index in [9.17, 15) is 5.11 Å². The molecule has 0 unspecified atom stereocenters. The predicted octanol–water partition coefficient (Wildman–Crippen LogP) is 5.08. The van der Waals surface area contributed by atoms with Gasteiger partial charge in [-0.25, -0.2) is 4.98 Å². The van der Waals surface area contributed by atoms with Crippen LogP contribution in [0.5, 0.6) is 0 Å². The van der Waals surface area contributed by atoms with E-state index in [2.05, 4.69) is 42.9 Å². The van der Waals surface area contributed by atoms with Gasteiger partial charge in [-0.05, 0) is 55.7 Å². The summed E-state index contributed by atoms with van der Waals surface area (Å²) in [5.41, 5.74) is 4.28. The van der Waals surface area contributed by atoms with Crippen LogP contribution < -0.4 is 9.80 Å². The third-order valence-corrected chi connectivity index (χ3v) is 6.14. The van der Waals surface area contributed by atoms with Gasteiger partial charge in [0.2, 0.25) is 0 Å². The molecule has 0 atom stereocenters. The van der Waals surface area contributed by atoms with Crippen molar-refractivity contribution < 1.29 is 5.11 Å². The smallest absolute Gasteiger partial charge is 0.145 e. The highest BCUT2D eigenvalue weighted by Gasteiger charge is 2.31. The molecule has 1 saturated heterocycles. The molecule has 6 nitrogen and oxygen atoms in total. The zero-order valence-electron chi connectivity index (χ0n) is 16.0. The van der Waals surface area contributed by atoms with Crippen LogP contribution in [0.25, 0.3) is 16.6 Å². The van der Waals surface area contributed by atoms with Crippen molar-refractivity contribution >= 4 is 49.7 Å². The molecular weight excluding hydrogens is 430 g/mol.